The van der Waals surface area contributed by atoms with Crippen LogP contribution in [0.25, 0.3) is 0 Å². The molecule has 22 heavy (non-hydrogen) atoms. The molecule has 0 amide bonds. The zero-order chi connectivity index (χ0) is 15.8. The van der Waals surface area contributed by atoms with Gasteiger partial charge in [0, 0.05) is 15.6 Å². The van der Waals surface area contributed by atoms with Gasteiger partial charge in [-0.3, -0.25) is 0 Å². The van der Waals surface area contributed by atoms with Crippen LogP contribution in [0.3, 0.4) is 0 Å². The standard InChI is InChI=1S/C16H16Cl2N2O2/c17-15-5-2-6-16(18)14(15)11-22-13-4-1-3-12(9-13)10-20-19-7-8-21/h1-6,9-10,19,21H,7-8,11H2. The quantitative estimate of drug-likeness (QED) is 0.461. The molecule has 0 spiro atoms. The number of benzene rings is 2. The first-order valence-electron chi connectivity index (χ1n) is 6.73. The van der Waals surface area contributed by atoms with Gasteiger partial charge in [-0.2, -0.15) is 5.10 Å². The molecule has 2 aromatic carbocycles. The summed E-state index contributed by atoms with van der Waals surface area (Å²) in [5, 5.41) is 13.8. The van der Waals surface area contributed by atoms with E-state index in [0.29, 0.717) is 28.9 Å². The summed E-state index contributed by atoms with van der Waals surface area (Å²) >= 11 is 12.2. The van der Waals surface area contributed by atoms with Crippen molar-refractivity contribution >= 4 is 29.4 Å². The van der Waals surface area contributed by atoms with Gasteiger partial charge in [0.2, 0.25) is 0 Å². The number of nitrogens with one attached hydrogen (secondary N) is 1. The lowest BCUT2D eigenvalue weighted by Gasteiger charge is -2.09. The van der Waals surface area contributed by atoms with E-state index in [9.17, 15) is 0 Å². The predicted octanol–water partition coefficient (Wildman–Crippen LogP) is 3.49. The molecule has 116 valence electrons. The van der Waals surface area contributed by atoms with Crippen molar-refractivity contribution in [2.45, 2.75) is 6.61 Å². The van der Waals surface area contributed by atoms with Gasteiger partial charge >= 0.3 is 0 Å². The van der Waals surface area contributed by atoms with E-state index in [1.54, 1.807) is 24.4 Å². The second-order valence-corrected chi connectivity index (χ2v) is 5.27. The molecular weight excluding hydrogens is 323 g/mol. The van der Waals surface area contributed by atoms with Crippen LogP contribution in [-0.2, 0) is 6.61 Å². The Morgan fingerprint density at radius 3 is 2.59 bits per heavy atom. The molecule has 0 fully saturated rings. The maximum atomic E-state index is 8.65. The van der Waals surface area contributed by atoms with E-state index in [1.807, 2.05) is 24.3 Å². The summed E-state index contributed by atoms with van der Waals surface area (Å²) in [6.07, 6.45) is 1.66. The molecule has 0 saturated heterocycles. The van der Waals surface area contributed by atoms with E-state index in [-0.39, 0.29) is 6.61 Å². The second kappa shape index (κ2) is 8.63. The van der Waals surface area contributed by atoms with Crippen LogP contribution in [0.15, 0.2) is 47.6 Å². The maximum absolute atomic E-state index is 8.65. The van der Waals surface area contributed by atoms with Crippen LogP contribution in [0.1, 0.15) is 11.1 Å². The van der Waals surface area contributed by atoms with Crippen molar-refractivity contribution in [2.24, 2.45) is 5.10 Å². The molecular formula is C16H16Cl2N2O2. The van der Waals surface area contributed by atoms with Crippen LogP contribution in [-0.4, -0.2) is 24.5 Å². The molecule has 0 aromatic heterocycles. The van der Waals surface area contributed by atoms with E-state index in [2.05, 4.69) is 10.5 Å². The fourth-order valence-corrected chi connectivity index (χ4v) is 2.25. The number of aliphatic hydroxyl groups excluding tert-OH is 1. The summed E-state index contributed by atoms with van der Waals surface area (Å²) in [6, 6.07) is 12.8. The second-order valence-electron chi connectivity index (χ2n) is 4.45. The first-order valence-corrected chi connectivity index (χ1v) is 7.49. The zero-order valence-electron chi connectivity index (χ0n) is 11.8. The van der Waals surface area contributed by atoms with Crippen molar-refractivity contribution in [2.75, 3.05) is 13.2 Å². The summed E-state index contributed by atoms with van der Waals surface area (Å²) in [4.78, 5) is 0. The van der Waals surface area contributed by atoms with Gasteiger partial charge in [0.1, 0.15) is 12.4 Å². The van der Waals surface area contributed by atoms with Gasteiger partial charge in [-0.1, -0.05) is 41.4 Å². The highest BCUT2D eigenvalue weighted by molar-refractivity contribution is 6.35. The van der Waals surface area contributed by atoms with Crippen LogP contribution >= 0.6 is 23.2 Å². The number of hydrogen-bond acceptors (Lipinski definition) is 4. The number of hydrogen-bond donors (Lipinski definition) is 2. The van der Waals surface area contributed by atoms with Crippen molar-refractivity contribution < 1.29 is 9.84 Å². The first kappa shape index (κ1) is 16.6. The summed E-state index contributed by atoms with van der Waals surface area (Å²) in [6.45, 7) is 0.749. The monoisotopic (exact) mass is 338 g/mol. The van der Waals surface area contributed by atoms with Crippen LogP contribution < -0.4 is 10.2 Å². The highest BCUT2D eigenvalue weighted by atomic mass is 35.5. The summed E-state index contributed by atoms with van der Waals surface area (Å²) in [5.74, 6) is 0.696. The van der Waals surface area contributed by atoms with Crippen molar-refractivity contribution in [1.29, 1.82) is 0 Å². The number of ether oxygens (including phenoxy) is 1. The highest BCUT2D eigenvalue weighted by Gasteiger charge is 2.06. The van der Waals surface area contributed by atoms with Gasteiger partial charge < -0.3 is 15.3 Å². The molecule has 2 N–H and O–H groups in total. The summed E-state index contributed by atoms with van der Waals surface area (Å²) < 4.78 is 5.73. The fraction of sp³-hybridized carbons (Fsp3) is 0.188. The molecule has 0 aliphatic heterocycles. The largest absolute Gasteiger partial charge is 0.489 e. The van der Waals surface area contributed by atoms with Crippen molar-refractivity contribution in [1.82, 2.24) is 5.43 Å². The van der Waals surface area contributed by atoms with Gasteiger partial charge in [0.25, 0.3) is 0 Å². The van der Waals surface area contributed by atoms with Crippen LogP contribution in [0.4, 0.5) is 0 Å². The number of aliphatic hydroxyl groups is 1. The Morgan fingerprint density at radius 2 is 1.86 bits per heavy atom. The average Bonchev–Trinajstić information content (AvgIpc) is 2.52. The highest BCUT2D eigenvalue weighted by Crippen LogP contribution is 2.25. The molecule has 2 aromatic rings. The lowest BCUT2D eigenvalue weighted by Crippen LogP contribution is -2.11. The van der Waals surface area contributed by atoms with Crippen molar-refractivity contribution in [3.63, 3.8) is 0 Å². The zero-order valence-corrected chi connectivity index (χ0v) is 13.3. The number of rotatable bonds is 7. The van der Waals surface area contributed by atoms with Gasteiger partial charge in [0.05, 0.1) is 19.4 Å². The van der Waals surface area contributed by atoms with Crippen LogP contribution in [0.5, 0.6) is 5.75 Å². The molecule has 0 heterocycles. The third-order valence-electron chi connectivity index (χ3n) is 2.83. The predicted molar refractivity (Wildman–Crippen MR) is 89.9 cm³/mol. The summed E-state index contributed by atoms with van der Waals surface area (Å²) in [5.41, 5.74) is 4.36. The molecule has 0 saturated carbocycles. The number of halogens is 2. The Labute approximate surface area is 139 Å². The van der Waals surface area contributed by atoms with Gasteiger partial charge in [-0.25, -0.2) is 0 Å². The Kier molecular flexibility index (Phi) is 6.52. The van der Waals surface area contributed by atoms with Gasteiger partial charge in [-0.15, -0.1) is 0 Å². The molecule has 0 unspecified atom stereocenters. The molecule has 0 bridgehead atoms. The molecule has 0 aliphatic carbocycles. The van der Waals surface area contributed by atoms with Crippen LogP contribution in [0, 0.1) is 0 Å². The van der Waals surface area contributed by atoms with Crippen molar-refractivity contribution in [3.05, 3.63) is 63.6 Å². The third kappa shape index (κ3) is 4.91. The molecule has 0 atom stereocenters. The lowest BCUT2D eigenvalue weighted by atomic mass is 10.2. The minimum absolute atomic E-state index is 0.0408. The van der Waals surface area contributed by atoms with E-state index < -0.39 is 0 Å². The lowest BCUT2D eigenvalue weighted by molar-refractivity contribution is 0.293. The van der Waals surface area contributed by atoms with Crippen LogP contribution in [0.2, 0.25) is 10.0 Å². The normalized spacial score (nSPS) is 10.9. The number of hydrazone groups is 1. The molecule has 4 nitrogen and oxygen atoms in total. The minimum atomic E-state index is 0.0408. The van der Waals surface area contributed by atoms with E-state index in [0.717, 1.165) is 11.1 Å². The summed E-state index contributed by atoms with van der Waals surface area (Å²) in [7, 11) is 0. The van der Waals surface area contributed by atoms with Gasteiger partial charge in [-0.05, 0) is 29.8 Å². The Bertz CT molecular complexity index is 628. The third-order valence-corrected chi connectivity index (χ3v) is 3.54. The Morgan fingerprint density at radius 1 is 1.14 bits per heavy atom. The maximum Gasteiger partial charge on any atom is 0.120 e. The minimum Gasteiger partial charge on any atom is -0.489 e. The van der Waals surface area contributed by atoms with Gasteiger partial charge in [0.15, 0.2) is 0 Å². The van der Waals surface area contributed by atoms with E-state index >= 15 is 0 Å². The molecule has 0 aliphatic rings. The molecule has 6 heteroatoms. The smallest absolute Gasteiger partial charge is 0.120 e. The van der Waals surface area contributed by atoms with Crippen molar-refractivity contribution in [3.8, 4) is 5.75 Å². The Balaban J connectivity index is 2.00. The average molecular weight is 339 g/mol. The fourth-order valence-electron chi connectivity index (χ4n) is 1.75. The van der Waals surface area contributed by atoms with E-state index in [1.165, 1.54) is 0 Å². The van der Waals surface area contributed by atoms with E-state index in [4.69, 9.17) is 33.0 Å². The topological polar surface area (TPSA) is 53.8 Å². The molecule has 0 radical (unpaired) electrons. The molecule has 2 rings (SSSR count). The SMILES string of the molecule is OCCNN=Cc1cccc(OCc2c(Cl)cccc2Cl)c1. The Hall–Kier alpha value is -1.75. The first-order chi connectivity index (χ1) is 10.7. The number of nitrogens with zero attached hydrogens (tertiary/aromatic N) is 1.